The third-order valence-electron chi connectivity index (χ3n) is 2.62. The Bertz CT molecular complexity index is 390. The van der Waals surface area contributed by atoms with E-state index < -0.39 is 0 Å². The van der Waals surface area contributed by atoms with Gasteiger partial charge in [0.05, 0.1) is 5.56 Å². The van der Waals surface area contributed by atoms with Gasteiger partial charge >= 0.3 is 0 Å². The normalized spacial score (nSPS) is 10.9. The molecule has 1 amide bonds. The molecule has 19 heavy (non-hydrogen) atoms. The van der Waals surface area contributed by atoms with E-state index in [1.807, 2.05) is 4.90 Å². The lowest BCUT2D eigenvalue weighted by Gasteiger charge is -2.26. The van der Waals surface area contributed by atoms with Crippen LogP contribution in [0.2, 0.25) is 0 Å². The van der Waals surface area contributed by atoms with Crippen molar-refractivity contribution in [3.63, 3.8) is 0 Å². The minimum atomic E-state index is 0.0264. The quantitative estimate of drug-likeness (QED) is 0.610. The smallest absolute Gasteiger partial charge is 0.255 e. The fourth-order valence-corrected chi connectivity index (χ4v) is 1.91. The van der Waals surface area contributed by atoms with Crippen LogP contribution >= 0.6 is 0 Å². The van der Waals surface area contributed by atoms with Crippen LogP contribution in [0.5, 0.6) is 0 Å². The van der Waals surface area contributed by atoms with Crippen LogP contribution in [0.15, 0.2) is 18.3 Å². The van der Waals surface area contributed by atoms with Crippen LogP contribution in [-0.4, -0.2) is 28.9 Å². The zero-order valence-electron chi connectivity index (χ0n) is 12.2. The highest BCUT2D eigenvalue weighted by atomic mass is 16.2. The van der Waals surface area contributed by atoms with Crippen LogP contribution in [0.25, 0.3) is 0 Å². The van der Waals surface area contributed by atoms with Crippen molar-refractivity contribution < 1.29 is 4.79 Å². The molecule has 0 aromatic carbocycles. The summed E-state index contributed by atoms with van der Waals surface area (Å²) in [4.78, 5) is 18.4. The summed E-state index contributed by atoms with van der Waals surface area (Å²) in [5, 5.41) is 0. The highest BCUT2D eigenvalue weighted by Crippen LogP contribution is 2.11. The van der Waals surface area contributed by atoms with E-state index in [0.29, 0.717) is 23.2 Å². The molecule has 0 radical (unpaired) electrons. The zero-order valence-corrected chi connectivity index (χ0v) is 12.2. The van der Waals surface area contributed by atoms with E-state index in [-0.39, 0.29) is 5.91 Å². The van der Waals surface area contributed by atoms with Crippen LogP contribution in [-0.2, 0) is 0 Å². The summed E-state index contributed by atoms with van der Waals surface area (Å²) in [6, 6.07) is 3.45. The maximum absolute atomic E-state index is 12.4. The first-order valence-electron chi connectivity index (χ1n) is 6.66. The molecule has 0 atom stereocenters. The molecule has 1 aromatic heterocycles. The highest BCUT2D eigenvalue weighted by molar-refractivity contribution is 5.94. The number of carbonyl (C=O) groups excluding carboxylic acids is 1. The lowest BCUT2D eigenvalue weighted by atomic mass is 10.1. The standard InChI is InChI=1S/C14H24N4O/c1-10(2)8-18(9-11(3)4)14(19)12-5-6-13(17-15)16-7-12/h5-7,10-11H,8-9,15H2,1-4H3,(H,16,17). The van der Waals surface area contributed by atoms with Gasteiger partial charge in [0.25, 0.3) is 5.91 Å². The molecule has 0 saturated carbocycles. The molecule has 0 unspecified atom stereocenters. The molecule has 0 bridgehead atoms. The molecule has 0 saturated heterocycles. The predicted molar refractivity (Wildman–Crippen MR) is 77.6 cm³/mol. The fraction of sp³-hybridized carbons (Fsp3) is 0.571. The Balaban J connectivity index is 2.84. The molecule has 0 fully saturated rings. The number of nitrogens with two attached hydrogens (primary N) is 1. The SMILES string of the molecule is CC(C)CN(CC(C)C)C(=O)c1ccc(NN)nc1. The van der Waals surface area contributed by atoms with Crippen molar-refractivity contribution in [3.05, 3.63) is 23.9 Å². The Hall–Kier alpha value is -1.62. The van der Waals surface area contributed by atoms with E-state index in [9.17, 15) is 4.79 Å². The van der Waals surface area contributed by atoms with E-state index in [1.165, 1.54) is 0 Å². The minimum absolute atomic E-state index is 0.0264. The molecule has 5 nitrogen and oxygen atoms in total. The Morgan fingerprint density at radius 1 is 1.26 bits per heavy atom. The molecule has 0 aliphatic rings. The van der Waals surface area contributed by atoms with E-state index in [0.717, 1.165) is 13.1 Å². The first-order valence-corrected chi connectivity index (χ1v) is 6.66. The van der Waals surface area contributed by atoms with Crippen molar-refractivity contribution in [2.45, 2.75) is 27.7 Å². The van der Waals surface area contributed by atoms with Gasteiger partial charge in [0.1, 0.15) is 5.82 Å². The monoisotopic (exact) mass is 264 g/mol. The Morgan fingerprint density at radius 3 is 2.21 bits per heavy atom. The average Bonchev–Trinajstić information content (AvgIpc) is 2.36. The number of carbonyl (C=O) groups is 1. The Kier molecular flexibility index (Phi) is 5.76. The van der Waals surface area contributed by atoms with Gasteiger partial charge in [0, 0.05) is 19.3 Å². The molecule has 1 rings (SSSR count). The van der Waals surface area contributed by atoms with Crippen LogP contribution in [0.3, 0.4) is 0 Å². The van der Waals surface area contributed by atoms with Crippen molar-refractivity contribution in [2.24, 2.45) is 17.7 Å². The van der Waals surface area contributed by atoms with Gasteiger partial charge < -0.3 is 10.3 Å². The minimum Gasteiger partial charge on any atom is -0.338 e. The average molecular weight is 264 g/mol. The van der Waals surface area contributed by atoms with Crippen LogP contribution in [0.1, 0.15) is 38.1 Å². The summed E-state index contributed by atoms with van der Waals surface area (Å²) in [6.07, 6.45) is 1.56. The molecular formula is C14H24N4O. The molecule has 0 spiro atoms. The van der Waals surface area contributed by atoms with Crippen molar-refractivity contribution in [1.82, 2.24) is 9.88 Å². The van der Waals surface area contributed by atoms with Gasteiger partial charge in [0.15, 0.2) is 0 Å². The van der Waals surface area contributed by atoms with Gasteiger partial charge in [-0.05, 0) is 24.0 Å². The number of nitrogen functional groups attached to an aromatic ring is 1. The first kappa shape index (κ1) is 15.4. The summed E-state index contributed by atoms with van der Waals surface area (Å²) in [5.74, 6) is 6.73. The number of hydrogen-bond acceptors (Lipinski definition) is 4. The van der Waals surface area contributed by atoms with Gasteiger partial charge in [0.2, 0.25) is 0 Å². The number of aromatic nitrogens is 1. The third kappa shape index (κ3) is 4.87. The van der Waals surface area contributed by atoms with Gasteiger partial charge in [-0.3, -0.25) is 4.79 Å². The van der Waals surface area contributed by atoms with Crippen molar-refractivity contribution >= 4 is 11.7 Å². The molecular weight excluding hydrogens is 240 g/mol. The van der Waals surface area contributed by atoms with Gasteiger partial charge in [-0.25, -0.2) is 10.8 Å². The fourth-order valence-electron chi connectivity index (χ4n) is 1.91. The summed E-state index contributed by atoms with van der Waals surface area (Å²) >= 11 is 0. The van der Waals surface area contributed by atoms with Crippen molar-refractivity contribution in [3.8, 4) is 0 Å². The number of hydrogen-bond donors (Lipinski definition) is 2. The van der Waals surface area contributed by atoms with Crippen LogP contribution < -0.4 is 11.3 Å². The number of hydrazine groups is 1. The summed E-state index contributed by atoms with van der Waals surface area (Å²) in [6.45, 7) is 9.96. The number of amides is 1. The van der Waals surface area contributed by atoms with E-state index >= 15 is 0 Å². The second-order valence-corrected chi connectivity index (χ2v) is 5.57. The van der Waals surface area contributed by atoms with Gasteiger partial charge in [-0.15, -0.1) is 0 Å². The summed E-state index contributed by atoms with van der Waals surface area (Å²) < 4.78 is 0. The Labute approximate surface area is 115 Å². The third-order valence-corrected chi connectivity index (χ3v) is 2.62. The maximum Gasteiger partial charge on any atom is 0.255 e. The largest absolute Gasteiger partial charge is 0.338 e. The summed E-state index contributed by atoms with van der Waals surface area (Å²) in [5.41, 5.74) is 3.05. The molecule has 1 aromatic rings. The topological polar surface area (TPSA) is 71.2 Å². The first-order chi connectivity index (χ1) is 8.93. The second kappa shape index (κ2) is 7.09. The second-order valence-electron chi connectivity index (χ2n) is 5.57. The molecule has 1 heterocycles. The molecule has 0 aliphatic carbocycles. The van der Waals surface area contributed by atoms with Gasteiger partial charge in [-0.2, -0.15) is 0 Å². The van der Waals surface area contributed by atoms with Crippen molar-refractivity contribution in [1.29, 1.82) is 0 Å². The number of nitrogens with zero attached hydrogens (tertiary/aromatic N) is 2. The van der Waals surface area contributed by atoms with Gasteiger partial charge in [-0.1, -0.05) is 27.7 Å². The molecule has 106 valence electrons. The number of nitrogens with one attached hydrogen (secondary N) is 1. The molecule has 0 aliphatic heterocycles. The van der Waals surface area contributed by atoms with Crippen molar-refractivity contribution in [2.75, 3.05) is 18.5 Å². The number of rotatable bonds is 6. The predicted octanol–water partition coefficient (Wildman–Crippen LogP) is 2.12. The lowest BCUT2D eigenvalue weighted by Crippen LogP contribution is -2.37. The van der Waals surface area contributed by atoms with E-state index in [4.69, 9.17) is 5.84 Å². The zero-order chi connectivity index (χ0) is 14.4. The molecule has 5 heteroatoms. The summed E-state index contributed by atoms with van der Waals surface area (Å²) in [7, 11) is 0. The van der Waals surface area contributed by atoms with Crippen LogP contribution in [0.4, 0.5) is 5.82 Å². The maximum atomic E-state index is 12.4. The number of anilines is 1. The number of pyridine rings is 1. The molecule has 3 N–H and O–H groups in total. The van der Waals surface area contributed by atoms with Crippen LogP contribution in [0, 0.1) is 11.8 Å². The lowest BCUT2D eigenvalue weighted by molar-refractivity contribution is 0.0714. The van der Waals surface area contributed by atoms with E-state index in [2.05, 4.69) is 38.1 Å². The highest BCUT2D eigenvalue weighted by Gasteiger charge is 2.18. The Morgan fingerprint density at radius 2 is 1.84 bits per heavy atom. The van der Waals surface area contributed by atoms with E-state index in [1.54, 1.807) is 18.3 Å².